The van der Waals surface area contributed by atoms with Gasteiger partial charge in [0.2, 0.25) is 0 Å². The van der Waals surface area contributed by atoms with Crippen molar-refractivity contribution >= 4 is 5.97 Å². The second-order valence-electron chi connectivity index (χ2n) is 5.00. The van der Waals surface area contributed by atoms with Crippen molar-refractivity contribution in [1.82, 2.24) is 4.57 Å². The van der Waals surface area contributed by atoms with Crippen LogP contribution in [-0.2, 0) is 24.3 Å². The largest absolute Gasteiger partial charge is 0.481 e. The minimum absolute atomic E-state index is 0.250. The molecular formula is C15H27N2O2+. The van der Waals surface area contributed by atoms with E-state index in [0.717, 1.165) is 19.5 Å². The molecule has 0 radical (unpaired) electrons. The molecule has 0 aliphatic heterocycles. The molecule has 0 aliphatic carbocycles. The molecule has 0 fully saturated rings. The number of nitrogens with zero attached hydrogens (tertiary/aromatic N) is 2. The van der Waals surface area contributed by atoms with Gasteiger partial charge < -0.3 is 5.11 Å². The van der Waals surface area contributed by atoms with Crippen LogP contribution in [0.3, 0.4) is 0 Å². The molecular weight excluding hydrogens is 240 g/mol. The number of hydrogen-bond acceptors (Lipinski definition) is 1. The lowest BCUT2D eigenvalue weighted by Gasteiger charge is -2.04. The fourth-order valence-corrected chi connectivity index (χ4v) is 2.39. The molecule has 0 spiro atoms. The number of carboxylic acids is 1. The van der Waals surface area contributed by atoms with Gasteiger partial charge in [-0.2, -0.15) is 0 Å². The van der Waals surface area contributed by atoms with Gasteiger partial charge in [0.15, 0.2) is 0 Å². The Labute approximate surface area is 116 Å². The predicted molar refractivity (Wildman–Crippen MR) is 75.0 cm³/mol. The van der Waals surface area contributed by atoms with Crippen LogP contribution in [0.15, 0.2) is 12.4 Å². The first-order valence-corrected chi connectivity index (χ1v) is 7.48. The van der Waals surface area contributed by atoms with Crippen molar-refractivity contribution in [2.45, 2.75) is 71.9 Å². The normalized spacial score (nSPS) is 10.8. The van der Waals surface area contributed by atoms with Crippen molar-refractivity contribution < 1.29 is 14.5 Å². The van der Waals surface area contributed by atoms with Gasteiger partial charge in [-0.25, -0.2) is 9.13 Å². The highest BCUT2D eigenvalue weighted by molar-refractivity contribution is 5.66. The van der Waals surface area contributed by atoms with Crippen molar-refractivity contribution in [2.24, 2.45) is 0 Å². The maximum absolute atomic E-state index is 10.6. The molecule has 0 saturated heterocycles. The van der Waals surface area contributed by atoms with Crippen LogP contribution in [0, 0.1) is 0 Å². The summed E-state index contributed by atoms with van der Waals surface area (Å²) < 4.78 is 4.49. The third-order valence-electron chi connectivity index (χ3n) is 3.47. The first-order valence-electron chi connectivity index (χ1n) is 7.48. The minimum Gasteiger partial charge on any atom is -0.481 e. The lowest BCUT2D eigenvalue weighted by molar-refractivity contribution is -0.704. The molecule has 4 nitrogen and oxygen atoms in total. The second kappa shape index (κ2) is 8.73. The van der Waals surface area contributed by atoms with E-state index in [-0.39, 0.29) is 6.42 Å². The average Bonchev–Trinajstić information content (AvgIpc) is 2.77. The number of imidazole rings is 1. The lowest BCUT2D eigenvalue weighted by Crippen LogP contribution is -2.37. The third-order valence-corrected chi connectivity index (χ3v) is 3.47. The molecule has 1 aromatic rings. The molecule has 0 atom stereocenters. The number of carbonyl (C=O) groups is 1. The molecule has 1 heterocycles. The summed E-state index contributed by atoms with van der Waals surface area (Å²) in [7, 11) is 0. The fraction of sp³-hybridized carbons (Fsp3) is 0.733. The highest BCUT2D eigenvalue weighted by Crippen LogP contribution is 2.06. The Morgan fingerprint density at radius 1 is 1.26 bits per heavy atom. The van der Waals surface area contributed by atoms with Crippen LogP contribution < -0.4 is 4.57 Å². The van der Waals surface area contributed by atoms with Crippen LogP contribution in [0.25, 0.3) is 0 Å². The van der Waals surface area contributed by atoms with Crippen LogP contribution in [0.4, 0.5) is 0 Å². The SMILES string of the molecule is CCCCCCc1n(CC)cc[n+]1CCCC(=O)O. The quantitative estimate of drug-likeness (QED) is 0.523. The van der Waals surface area contributed by atoms with Crippen molar-refractivity contribution in [3.8, 4) is 0 Å². The molecule has 1 aromatic heterocycles. The highest BCUT2D eigenvalue weighted by atomic mass is 16.4. The van der Waals surface area contributed by atoms with Gasteiger partial charge in [0.05, 0.1) is 13.1 Å². The third kappa shape index (κ3) is 5.45. The molecule has 1 rings (SSSR count). The fourth-order valence-electron chi connectivity index (χ4n) is 2.39. The molecule has 4 heteroatoms. The number of carboxylic acid groups (broad SMARTS) is 1. The van der Waals surface area contributed by atoms with E-state index in [1.807, 2.05) is 0 Å². The molecule has 1 N–H and O–H groups in total. The highest BCUT2D eigenvalue weighted by Gasteiger charge is 2.15. The zero-order valence-corrected chi connectivity index (χ0v) is 12.3. The zero-order chi connectivity index (χ0) is 14.1. The van der Waals surface area contributed by atoms with Crippen LogP contribution in [0.2, 0.25) is 0 Å². The van der Waals surface area contributed by atoms with E-state index in [1.54, 1.807) is 0 Å². The number of aryl methyl sites for hydroxylation is 2. The Balaban J connectivity index is 2.54. The molecule has 0 aromatic carbocycles. The first kappa shape index (κ1) is 15.7. The van der Waals surface area contributed by atoms with E-state index >= 15 is 0 Å². The molecule has 0 aliphatic rings. The number of hydrogen-bond donors (Lipinski definition) is 1. The summed E-state index contributed by atoms with van der Waals surface area (Å²) in [6.07, 6.45) is 11.3. The monoisotopic (exact) mass is 267 g/mol. The Bertz CT molecular complexity index is 385. The van der Waals surface area contributed by atoms with Gasteiger partial charge in [-0.1, -0.05) is 26.2 Å². The maximum Gasteiger partial charge on any atom is 0.303 e. The smallest absolute Gasteiger partial charge is 0.303 e. The number of aromatic nitrogens is 2. The Hall–Kier alpha value is -1.32. The van der Waals surface area contributed by atoms with E-state index < -0.39 is 5.97 Å². The van der Waals surface area contributed by atoms with Crippen molar-refractivity contribution in [3.05, 3.63) is 18.2 Å². The second-order valence-corrected chi connectivity index (χ2v) is 5.00. The summed E-state index contributed by atoms with van der Waals surface area (Å²) in [5, 5.41) is 8.70. The summed E-state index contributed by atoms with van der Waals surface area (Å²) >= 11 is 0. The summed E-state index contributed by atoms with van der Waals surface area (Å²) in [5.74, 6) is 0.629. The van der Waals surface area contributed by atoms with E-state index in [1.165, 1.54) is 31.5 Å². The standard InChI is InChI=1S/C15H26N2O2/c1-3-5-6-7-9-14-16(4-2)12-13-17(14)11-8-10-15(18)19/h12-13H,3-11H2,1-2H3/p+1. The summed E-state index contributed by atoms with van der Waals surface area (Å²) in [4.78, 5) is 10.6. The van der Waals surface area contributed by atoms with Gasteiger partial charge >= 0.3 is 5.97 Å². The molecule has 0 saturated carbocycles. The number of unbranched alkanes of at least 4 members (excludes halogenated alkanes) is 3. The van der Waals surface area contributed by atoms with Crippen molar-refractivity contribution in [2.75, 3.05) is 0 Å². The molecule has 0 unspecified atom stereocenters. The average molecular weight is 267 g/mol. The topological polar surface area (TPSA) is 46.1 Å². The Morgan fingerprint density at radius 3 is 2.68 bits per heavy atom. The van der Waals surface area contributed by atoms with E-state index in [4.69, 9.17) is 5.11 Å². The van der Waals surface area contributed by atoms with E-state index in [0.29, 0.717) is 6.42 Å². The summed E-state index contributed by atoms with van der Waals surface area (Å²) in [6.45, 7) is 6.16. The van der Waals surface area contributed by atoms with Crippen LogP contribution in [0.1, 0.15) is 58.2 Å². The van der Waals surface area contributed by atoms with Crippen LogP contribution >= 0.6 is 0 Å². The molecule has 19 heavy (non-hydrogen) atoms. The van der Waals surface area contributed by atoms with Gasteiger partial charge in [0.25, 0.3) is 5.82 Å². The Kier molecular flexibility index (Phi) is 7.23. The molecule has 108 valence electrons. The maximum atomic E-state index is 10.6. The molecule has 0 amide bonds. The van der Waals surface area contributed by atoms with Gasteiger partial charge in [-0.15, -0.1) is 0 Å². The number of rotatable bonds is 10. The van der Waals surface area contributed by atoms with Gasteiger partial charge in [0.1, 0.15) is 12.4 Å². The molecule has 0 bridgehead atoms. The summed E-state index contributed by atoms with van der Waals surface area (Å²) in [6, 6.07) is 0. The Morgan fingerprint density at radius 2 is 2.05 bits per heavy atom. The minimum atomic E-state index is -0.708. The predicted octanol–water partition coefficient (Wildman–Crippen LogP) is 2.78. The zero-order valence-electron chi connectivity index (χ0n) is 12.3. The lowest BCUT2D eigenvalue weighted by atomic mass is 10.1. The van der Waals surface area contributed by atoms with Gasteiger partial charge in [0, 0.05) is 12.8 Å². The van der Waals surface area contributed by atoms with E-state index in [2.05, 4.69) is 35.4 Å². The first-order chi connectivity index (χ1) is 9.19. The van der Waals surface area contributed by atoms with Crippen molar-refractivity contribution in [3.63, 3.8) is 0 Å². The van der Waals surface area contributed by atoms with Crippen LogP contribution in [0.5, 0.6) is 0 Å². The number of aliphatic carboxylic acids is 1. The van der Waals surface area contributed by atoms with Crippen molar-refractivity contribution in [1.29, 1.82) is 0 Å². The van der Waals surface area contributed by atoms with E-state index in [9.17, 15) is 4.79 Å². The van der Waals surface area contributed by atoms with Gasteiger partial charge in [-0.05, 0) is 19.8 Å². The van der Waals surface area contributed by atoms with Gasteiger partial charge in [-0.3, -0.25) is 4.79 Å². The summed E-state index contributed by atoms with van der Waals surface area (Å²) in [5.41, 5.74) is 0. The van der Waals surface area contributed by atoms with Crippen LogP contribution in [-0.4, -0.2) is 15.6 Å².